The Labute approximate surface area is 202 Å². The second kappa shape index (κ2) is 12.9. The summed E-state index contributed by atoms with van der Waals surface area (Å²) in [4.78, 5) is 0. The first-order valence-electron chi connectivity index (χ1n) is 13.3. The number of fused-ring (bicyclic) bond motifs is 5. The largest absolute Gasteiger partial charge is 0.321 e. The molecule has 0 radical (unpaired) electrons. The molecule has 0 saturated heterocycles. The summed E-state index contributed by atoms with van der Waals surface area (Å²) in [5, 5.41) is 0.656. The Bertz CT molecular complexity index is 586. The smallest absolute Gasteiger partial charge is 0.247 e. The molecule has 31 heavy (non-hydrogen) atoms. The summed E-state index contributed by atoms with van der Waals surface area (Å²) in [6, 6.07) is 0. The van der Waals surface area contributed by atoms with Crippen molar-refractivity contribution < 1.29 is 9.05 Å². The van der Waals surface area contributed by atoms with Gasteiger partial charge < -0.3 is 9.05 Å². The second-order valence-corrected chi connectivity index (χ2v) is 16.8. The van der Waals surface area contributed by atoms with Gasteiger partial charge in [0.1, 0.15) is 0 Å². The number of allylic oxidation sites excluding steroid dienone is 2. The average molecular weight is 487 g/mol. The molecule has 0 aromatic heterocycles. The van der Waals surface area contributed by atoms with Gasteiger partial charge in [-0.15, -0.1) is 0 Å². The zero-order valence-electron chi connectivity index (χ0n) is 20.5. The molecule has 0 aliphatic heterocycles. The molecule has 7 atom stereocenters. The molecule has 3 rings (SSSR count). The Morgan fingerprint density at radius 1 is 0.935 bits per heavy atom. The maximum absolute atomic E-state index is 6.61. The van der Waals surface area contributed by atoms with E-state index in [9.17, 15) is 0 Å². The van der Waals surface area contributed by atoms with Gasteiger partial charge in [0.2, 0.25) is 5.69 Å². The van der Waals surface area contributed by atoms with Gasteiger partial charge in [-0.3, -0.25) is 0 Å². The van der Waals surface area contributed by atoms with Gasteiger partial charge in [0.25, 0.3) is 0 Å². The van der Waals surface area contributed by atoms with Crippen LogP contribution in [0.15, 0.2) is 12.2 Å². The maximum Gasteiger partial charge on any atom is 0.247 e. The van der Waals surface area contributed by atoms with E-state index in [-0.39, 0.29) is 0 Å². The Hall–Kier alpha value is 0.660. The molecular weight excluding hydrogens is 439 g/mol. The van der Waals surface area contributed by atoms with Crippen LogP contribution < -0.4 is 0 Å². The summed E-state index contributed by atoms with van der Waals surface area (Å²) in [6.07, 6.45) is 18.9. The van der Waals surface area contributed by atoms with Gasteiger partial charge in [-0.05, 0) is 79.4 Å². The van der Waals surface area contributed by atoms with Crippen LogP contribution in [0.3, 0.4) is 0 Å². The summed E-state index contributed by atoms with van der Waals surface area (Å²) >= 11 is 8.22. The number of unbranched alkanes of at least 4 members (excludes halogenated alkanes) is 2. The number of hydrogen-bond acceptors (Lipinski definition) is 4. The van der Waals surface area contributed by atoms with E-state index in [1.165, 1.54) is 70.6 Å². The second-order valence-electron chi connectivity index (χ2n) is 10.3. The SMILES string of the molecule is CCCCC(CC)COP(=S)(OCC(CC)CCCC)SC1CC2CC1C1CC=CC21. The zero-order chi connectivity index (χ0) is 22.3. The molecule has 3 aliphatic carbocycles. The van der Waals surface area contributed by atoms with Crippen molar-refractivity contribution in [2.75, 3.05) is 13.2 Å². The van der Waals surface area contributed by atoms with Gasteiger partial charge in [0, 0.05) is 5.25 Å². The van der Waals surface area contributed by atoms with E-state index in [0.717, 1.165) is 36.9 Å². The Kier molecular flexibility index (Phi) is 11.0. The standard InChI is InChI=1S/C26H47O2PS2/c1-5-9-12-20(7-3)18-27-29(30,28-19-21(8-4)13-10-6-2)31-26-17-22-16-25(26)24-15-11-14-23(22)24/h11,14,20-26H,5-10,12-13,15-19H2,1-4H3. The Balaban J connectivity index is 1.61. The van der Waals surface area contributed by atoms with E-state index >= 15 is 0 Å². The number of rotatable bonds is 16. The van der Waals surface area contributed by atoms with Gasteiger partial charge >= 0.3 is 0 Å². The lowest BCUT2D eigenvalue weighted by Crippen LogP contribution is -2.26. The lowest BCUT2D eigenvalue weighted by molar-refractivity contribution is 0.188. The molecule has 0 N–H and O–H groups in total. The topological polar surface area (TPSA) is 18.5 Å². The quantitative estimate of drug-likeness (QED) is 0.160. The van der Waals surface area contributed by atoms with E-state index in [1.54, 1.807) is 0 Å². The first kappa shape index (κ1) is 26.3. The highest BCUT2D eigenvalue weighted by molar-refractivity contribution is 8.68. The van der Waals surface area contributed by atoms with Crippen molar-refractivity contribution in [3.05, 3.63) is 12.2 Å². The lowest BCUT2D eigenvalue weighted by Gasteiger charge is -2.34. The summed E-state index contributed by atoms with van der Waals surface area (Å²) in [5.41, 5.74) is -2.30. The monoisotopic (exact) mass is 486 g/mol. The third kappa shape index (κ3) is 7.08. The molecule has 2 fully saturated rings. The van der Waals surface area contributed by atoms with Crippen molar-refractivity contribution in [2.24, 2.45) is 35.5 Å². The molecule has 7 unspecified atom stereocenters. The minimum Gasteiger partial charge on any atom is -0.321 e. The van der Waals surface area contributed by atoms with Crippen molar-refractivity contribution in [3.63, 3.8) is 0 Å². The van der Waals surface area contributed by atoms with Gasteiger partial charge in [0.15, 0.2) is 0 Å². The van der Waals surface area contributed by atoms with Crippen molar-refractivity contribution >= 4 is 28.9 Å². The first-order chi connectivity index (χ1) is 15.0. The zero-order valence-corrected chi connectivity index (χ0v) is 23.0. The predicted molar refractivity (Wildman–Crippen MR) is 141 cm³/mol. The highest BCUT2D eigenvalue weighted by atomic mass is 32.9. The minimum atomic E-state index is -2.30. The van der Waals surface area contributed by atoms with Crippen molar-refractivity contribution in [1.82, 2.24) is 0 Å². The summed E-state index contributed by atoms with van der Waals surface area (Å²) in [7, 11) is 0. The summed E-state index contributed by atoms with van der Waals surface area (Å²) in [5.74, 6) is 4.69. The molecule has 2 nitrogen and oxygen atoms in total. The van der Waals surface area contributed by atoms with Crippen molar-refractivity contribution in [1.29, 1.82) is 0 Å². The van der Waals surface area contributed by atoms with E-state index in [4.69, 9.17) is 20.9 Å². The van der Waals surface area contributed by atoms with E-state index in [1.807, 2.05) is 11.4 Å². The normalized spacial score (nSPS) is 32.8. The first-order valence-corrected chi connectivity index (χ1v) is 17.4. The fraction of sp³-hybridized carbons (Fsp3) is 0.923. The molecule has 0 aromatic carbocycles. The van der Waals surface area contributed by atoms with Crippen LogP contribution in [0.1, 0.15) is 98.3 Å². The van der Waals surface area contributed by atoms with Crippen LogP contribution in [0.2, 0.25) is 0 Å². The van der Waals surface area contributed by atoms with Crippen LogP contribution >= 0.6 is 17.1 Å². The van der Waals surface area contributed by atoms with Crippen molar-refractivity contribution in [3.8, 4) is 0 Å². The van der Waals surface area contributed by atoms with Crippen LogP contribution in [-0.2, 0) is 20.9 Å². The van der Waals surface area contributed by atoms with Crippen LogP contribution in [0.25, 0.3) is 0 Å². The molecule has 0 aromatic rings. The minimum absolute atomic E-state index is 0.622. The molecule has 0 heterocycles. The predicted octanol–water partition coefficient (Wildman–Crippen LogP) is 9.01. The van der Waals surface area contributed by atoms with Crippen molar-refractivity contribution in [2.45, 2.75) is 104 Å². The van der Waals surface area contributed by atoms with Crippen LogP contribution in [0, 0.1) is 35.5 Å². The summed E-state index contributed by atoms with van der Waals surface area (Å²) < 4.78 is 13.2. The maximum atomic E-state index is 6.61. The molecule has 180 valence electrons. The van der Waals surface area contributed by atoms with Crippen LogP contribution in [0.4, 0.5) is 0 Å². The Morgan fingerprint density at radius 3 is 2.10 bits per heavy atom. The molecule has 0 spiro atoms. The molecule has 2 bridgehead atoms. The Morgan fingerprint density at radius 2 is 1.55 bits per heavy atom. The van der Waals surface area contributed by atoms with Crippen LogP contribution in [-0.4, -0.2) is 18.5 Å². The fourth-order valence-electron chi connectivity index (χ4n) is 6.07. The average Bonchev–Trinajstić information content (AvgIpc) is 3.48. The highest BCUT2D eigenvalue weighted by Gasteiger charge is 2.53. The van der Waals surface area contributed by atoms with Gasteiger partial charge in [-0.1, -0.05) is 89.8 Å². The highest BCUT2D eigenvalue weighted by Crippen LogP contribution is 2.70. The molecular formula is C26H47O2PS2. The van der Waals surface area contributed by atoms with Crippen LogP contribution in [0.5, 0.6) is 0 Å². The molecule has 0 amide bonds. The lowest BCUT2D eigenvalue weighted by atomic mass is 9.81. The molecule has 5 heteroatoms. The third-order valence-corrected chi connectivity index (χ3v) is 13.9. The third-order valence-electron chi connectivity index (χ3n) is 8.23. The van der Waals surface area contributed by atoms with Gasteiger partial charge in [-0.25, -0.2) is 0 Å². The number of hydrogen-bond donors (Lipinski definition) is 0. The molecule has 2 saturated carbocycles. The van der Waals surface area contributed by atoms with Gasteiger partial charge in [0.05, 0.1) is 13.2 Å². The van der Waals surface area contributed by atoms with E-state index in [2.05, 4.69) is 39.8 Å². The molecule has 3 aliphatic rings. The van der Waals surface area contributed by atoms with Gasteiger partial charge in [-0.2, -0.15) is 0 Å². The fourth-order valence-corrected chi connectivity index (χ4v) is 12.0. The van der Waals surface area contributed by atoms with E-state index < -0.39 is 5.69 Å². The summed E-state index contributed by atoms with van der Waals surface area (Å²) in [6.45, 7) is 10.7. The van der Waals surface area contributed by atoms with E-state index in [0.29, 0.717) is 17.1 Å².